The highest BCUT2D eigenvalue weighted by atomic mass is 16.8. The molecule has 0 unspecified atom stereocenters. The standard InChI is InChI=1S/C31H39N3O12/c1-3-14-45-31(30(39)40-2)28(38)24(37)23(36)26(46-31)22(35)18-44-29-27(42-16-20-12-8-5-9-13-20)25(21(17-43-29)33-34-32)41-15-19-10-6-4-7-11-19/h3-13,21-29,35-38H,1,14-18H2,2H3/t21-,22+,23+,24-,25-,26+,27+,28-,29+,31+/m0/s1. The maximum absolute atomic E-state index is 12.7. The summed E-state index contributed by atoms with van der Waals surface area (Å²) in [6.45, 7) is 2.78. The van der Waals surface area contributed by atoms with Crippen LogP contribution in [0.15, 0.2) is 78.4 Å². The van der Waals surface area contributed by atoms with Gasteiger partial charge in [-0.05, 0) is 16.7 Å². The lowest BCUT2D eigenvalue weighted by Crippen LogP contribution is -2.71. The minimum atomic E-state index is -2.59. The summed E-state index contributed by atoms with van der Waals surface area (Å²) >= 11 is 0. The number of hydrogen-bond acceptors (Lipinski definition) is 13. The third-order valence-corrected chi connectivity index (χ3v) is 7.58. The molecule has 0 saturated carbocycles. The highest BCUT2D eigenvalue weighted by Gasteiger charge is 2.61. The fraction of sp³-hybridized carbons (Fsp3) is 0.516. The van der Waals surface area contributed by atoms with Gasteiger partial charge in [0.2, 0.25) is 0 Å². The number of aliphatic hydroxyl groups excluding tert-OH is 4. The molecule has 2 aromatic carbocycles. The molecule has 0 spiro atoms. The van der Waals surface area contributed by atoms with E-state index in [0.717, 1.165) is 18.2 Å². The maximum atomic E-state index is 12.7. The molecular weight excluding hydrogens is 606 g/mol. The highest BCUT2D eigenvalue weighted by Crippen LogP contribution is 2.35. The van der Waals surface area contributed by atoms with Gasteiger partial charge >= 0.3 is 5.97 Å². The third kappa shape index (κ3) is 8.28. The SMILES string of the molecule is C=CCO[C@@]1(C(=O)OC)O[C@H]([C@H](O)CO[C@H]2OC[C@H](N=[N+]=[N-])[C@H](OCc3ccccc3)[C@H]2OCc2ccccc2)[C@H](O)[C@H](O)[C@@H]1O. The molecule has 15 heteroatoms. The van der Waals surface area contributed by atoms with E-state index in [9.17, 15) is 30.8 Å². The van der Waals surface area contributed by atoms with Gasteiger partial charge in [-0.25, -0.2) is 4.79 Å². The Morgan fingerprint density at radius 3 is 2.22 bits per heavy atom. The van der Waals surface area contributed by atoms with Crippen molar-refractivity contribution in [2.24, 2.45) is 5.11 Å². The first-order valence-electron chi connectivity index (χ1n) is 14.6. The van der Waals surface area contributed by atoms with E-state index in [1.165, 1.54) is 6.08 Å². The van der Waals surface area contributed by atoms with Crippen LogP contribution in [0.1, 0.15) is 11.1 Å². The van der Waals surface area contributed by atoms with E-state index in [2.05, 4.69) is 16.6 Å². The van der Waals surface area contributed by atoms with Crippen LogP contribution in [0.3, 0.4) is 0 Å². The van der Waals surface area contributed by atoms with E-state index in [4.69, 9.17) is 33.2 Å². The fourth-order valence-electron chi connectivity index (χ4n) is 5.19. The van der Waals surface area contributed by atoms with Crippen LogP contribution >= 0.6 is 0 Å². The Hall–Kier alpha value is -3.44. The summed E-state index contributed by atoms with van der Waals surface area (Å²) in [7, 11) is 1.01. The number of esters is 1. The molecule has 0 aliphatic carbocycles. The molecule has 0 amide bonds. The monoisotopic (exact) mass is 645 g/mol. The molecule has 2 saturated heterocycles. The topological polar surface area (TPSA) is 211 Å². The van der Waals surface area contributed by atoms with Crippen molar-refractivity contribution in [3.63, 3.8) is 0 Å². The van der Waals surface area contributed by atoms with Crippen LogP contribution in [0.25, 0.3) is 10.4 Å². The average Bonchev–Trinajstić information content (AvgIpc) is 3.09. The molecule has 2 aliphatic rings. The van der Waals surface area contributed by atoms with E-state index in [1.54, 1.807) is 0 Å². The van der Waals surface area contributed by atoms with Crippen molar-refractivity contribution in [2.45, 2.75) is 74.1 Å². The summed E-state index contributed by atoms with van der Waals surface area (Å²) < 4.78 is 40.0. The highest BCUT2D eigenvalue weighted by molar-refractivity contribution is 5.79. The minimum absolute atomic E-state index is 0.107. The first-order valence-corrected chi connectivity index (χ1v) is 14.6. The third-order valence-electron chi connectivity index (χ3n) is 7.58. The Kier molecular flexibility index (Phi) is 13.0. The Labute approximate surface area is 265 Å². The van der Waals surface area contributed by atoms with Gasteiger partial charge in [-0.3, -0.25) is 0 Å². The molecule has 250 valence electrons. The summed E-state index contributed by atoms with van der Waals surface area (Å²) in [6, 6.07) is 17.8. The predicted octanol–water partition coefficient (Wildman–Crippen LogP) is 1.12. The van der Waals surface area contributed by atoms with Gasteiger partial charge in [0, 0.05) is 4.91 Å². The smallest absolute Gasteiger partial charge is 0.369 e. The number of rotatable bonds is 15. The quantitative estimate of drug-likeness (QED) is 0.0706. The van der Waals surface area contributed by atoms with Gasteiger partial charge in [0.25, 0.3) is 5.79 Å². The first-order chi connectivity index (χ1) is 22.2. The van der Waals surface area contributed by atoms with Gasteiger partial charge in [-0.2, -0.15) is 0 Å². The zero-order valence-corrected chi connectivity index (χ0v) is 25.2. The number of carbonyl (C=O) groups excluding carboxylic acids is 1. The van der Waals surface area contributed by atoms with Gasteiger partial charge in [0.05, 0.1) is 52.3 Å². The summed E-state index contributed by atoms with van der Waals surface area (Å²) in [5, 5.41) is 46.9. The van der Waals surface area contributed by atoms with Gasteiger partial charge in [0.1, 0.15) is 36.6 Å². The second-order valence-corrected chi connectivity index (χ2v) is 10.7. The van der Waals surface area contributed by atoms with Crippen molar-refractivity contribution in [1.29, 1.82) is 0 Å². The second-order valence-electron chi connectivity index (χ2n) is 10.7. The fourth-order valence-corrected chi connectivity index (χ4v) is 5.19. The number of azide groups is 1. The molecule has 2 aliphatic heterocycles. The molecule has 2 heterocycles. The normalized spacial score (nSPS) is 31.8. The maximum Gasteiger partial charge on any atom is 0.369 e. The minimum Gasteiger partial charge on any atom is -0.465 e. The van der Waals surface area contributed by atoms with Crippen LogP contribution in [0.5, 0.6) is 0 Å². The number of hydrogen-bond donors (Lipinski definition) is 4. The van der Waals surface area contributed by atoms with Crippen molar-refractivity contribution < 1.29 is 58.4 Å². The largest absolute Gasteiger partial charge is 0.465 e. The molecular formula is C31H39N3O12. The van der Waals surface area contributed by atoms with Crippen molar-refractivity contribution >= 4 is 5.97 Å². The van der Waals surface area contributed by atoms with Gasteiger partial charge in [0.15, 0.2) is 6.29 Å². The van der Waals surface area contributed by atoms with Crippen LogP contribution in [0.2, 0.25) is 0 Å². The first kappa shape index (κ1) is 35.4. The molecule has 4 rings (SSSR count). The number of methoxy groups -OCH3 is 1. The van der Waals surface area contributed by atoms with Gasteiger partial charge in [-0.1, -0.05) is 71.9 Å². The molecule has 0 radical (unpaired) electrons. The molecule has 10 atom stereocenters. The zero-order valence-electron chi connectivity index (χ0n) is 25.2. The van der Waals surface area contributed by atoms with Gasteiger partial charge in [-0.15, -0.1) is 6.58 Å². The Morgan fingerprint density at radius 1 is 1.04 bits per heavy atom. The van der Waals surface area contributed by atoms with Crippen LogP contribution in [0, 0.1) is 0 Å². The van der Waals surface area contributed by atoms with Crippen molar-refractivity contribution in [1.82, 2.24) is 0 Å². The molecule has 0 aromatic heterocycles. The Morgan fingerprint density at radius 2 is 1.65 bits per heavy atom. The summed E-state index contributed by atoms with van der Waals surface area (Å²) in [5.41, 5.74) is 10.9. The number of nitrogens with zero attached hydrogens (tertiary/aromatic N) is 3. The average molecular weight is 646 g/mol. The zero-order chi connectivity index (χ0) is 33.1. The lowest BCUT2D eigenvalue weighted by atomic mass is 9.90. The van der Waals surface area contributed by atoms with E-state index in [-0.39, 0.29) is 26.4 Å². The second kappa shape index (κ2) is 16.9. The molecule has 2 aromatic rings. The molecule has 2 fully saturated rings. The molecule has 4 N–H and O–H groups in total. The number of ether oxygens (including phenoxy) is 7. The molecule has 15 nitrogen and oxygen atoms in total. The van der Waals surface area contributed by atoms with Crippen LogP contribution in [0.4, 0.5) is 0 Å². The van der Waals surface area contributed by atoms with E-state index in [1.807, 2.05) is 60.7 Å². The van der Waals surface area contributed by atoms with E-state index >= 15 is 0 Å². The summed E-state index contributed by atoms with van der Waals surface area (Å²) in [4.78, 5) is 15.6. The molecule has 46 heavy (non-hydrogen) atoms. The van der Waals surface area contributed by atoms with Crippen molar-refractivity contribution in [3.05, 3.63) is 94.9 Å². The lowest BCUT2D eigenvalue weighted by Gasteiger charge is -2.47. The van der Waals surface area contributed by atoms with Crippen LogP contribution in [-0.4, -0.2) is 114 Å². The Bertz CT molecular complexity index is 1300. The molecule has 0 bridgehead atoms. The number of benzene rings is 2. The lowest BCUT2D eigenvalue weighted by molar-refractivity contribution is -0.360. The van der Waals surface area contributed by atoms with Crippen molar-refractivity contribution in [3.8, 4) is 0 Å². The van der Waals surface area contributed by atoms with Crippen molar-refractivity contribution in [2.75, 3.05) is 26.9 Å². The number of aliphatic hydroxyl groups is 4. The summed E-state index contributed by atoms with van der Waals surface area (Å²) in [5.74, 6) is -3.80. The number of carbonyl (C=O) groups is 1. The summed E-state index contributed by atoms with van der Waals surface area (Å²) in [6.07, 6.45) is -11.1. The Balaban J connectivity index is 1.54. The van der Waals surface area contributed by atoms with Crippen LogP contribution in [-0.2, 0) is 51.2 Å². The van der Waals surface area contributed by atoms with Gasteiger partial charge < -0.3 is 53.6 Å². The van der Waals surface area contributed by atoms with E-state index in [0.29, 0.717) is 0 Å². The van der Waals surface area contributed by atoms with Crippen LogP contribution < -0.4 is 0 Å². The predicted molar refractivity (Wildman–Crippen MR) is 158 cm³/mol. The van der Waals surface area contributed by atoms with E-state index < -0.39 is 73.4 Å².